The predicted octanol–water partition coefficient (Wildman–Crippen LogP) is 2.98. The van der Waals surface area contributed by atoms with Crippen molar-refractivity contribution >= 4 is 35.0 Å². The van der Waals surface area contributed by atoms with Crippen molar-refractivity contribution in [1.82, 2.24) is 5.32 Å². The highest BCUT2D eigenvalue weighted by Crippen LogP contribution is 2.28. The highest BCUT2D eigenvalue weighted by atomic mass is 32.2. The number of hydrogen-bond acceptors (Lipinski definition) is 7. The van der Waals surface area contributed by atoms with Gasteiger partial charge in [0, 0.05) is 0 Å². The van der Waals surface area contributed by atoms with Crippen molar-refractivity contribution in [2.75, 3.05) is 7.11 Å². The number of benzene rings is 2. The summed E-state index contributed by atoms with van der Waals surface area (Å²) in [6.45, 7) is 0. The molecule has 0 aliphatic carbocycles. The molecule has 1 fully saturated rings. The second kappa shape index (κ2) is 8.89. The van der Waals surface area contributed by atoms with E-state index in [1.807, 2.05) is 0 Å². The molecular weight excluding hydrogens is 399 g/mol. The maximum absolute atomic E-state index is 14.3. The van der Waals surface area contributed by atoms with Crippen molar-refractivity contribution in [3.8, 4) is 11.5 Å². The highest BCUT2D eigenvalue weighted by Gasteiger charge is 2.24. The van der Waals surface area contributed by atoms with E-state index in [0.717, 1.165) is 11.8 Å². The van der Waals surface area contributed by atoms with Gasteiger partial charge in [-0.15, -0.1) is 0 Å². The first-order valence-electron chi connectivity index (χ1n) is 8.50. The van der Waals surface area contributed by atoms with Crippen molar-refractivity contribution in [2.24, 2.45) is 5.73 Å². The maximum Gasteiger partial charge on any atom is 0.322 e. The lowest BCUT2D eigenvalue weighted by atomic mass is 10.1. The lowest BCUT2D eigenvalue weighted by Crippen LogP contribution is -2.33. The molecule has 3 rings (SSSR count). The first-order valence-corrected chi connectivity index (χ1v) is 9.32. The third kappa shape index (κ3) is 5.21. The van der Waals surface area contributed by atoms with Crippen LogP contribution in [0.25, 0.3) is 6.08 Å². The molecule has 2 amide bonds. The van der Waals surface area contributed by atoms with Crippen molar-refractivity contribution in [2.45, 2.75) is 12.5 Å². The van der Waals surface area contributed by atoms with Crippen LogP contribution in [0, 0.1) is 5.82 Å². The summed E-state index contributed by atoms with van der Waals surface area (Å²) in [4.78, 5) is 34.4. The van der Waals surface area contributed by atoms with Gasteiger partial charge in [0.1, 0.15) is 11.8 Å². The minimum absolute atomic E-state index is 0.0165. The molecule has 0 aromatic heterocycles. The summed E-state index contributed by atoms with van der Waals surface area (Å²) in [7, 11) is 1.24. The number of esters is 1. The lowest BCUT2D eigenvalue weighted by molar-refractivity contribution is -0.142. The summed E-state index contributed by atoms with van der Waals surface area (Å²) < 4.78 is 24.4. The van der Waals surface area contributed by atoms with Gasteiger partial charge in [-0.1, -0.05) is 18.2 Å². The predicted molar refractivity (Wildman–Crippen MR) is 106 cm³/mol. The third-order valence-corrected chi connectivity index (χ3v) is 4.81. The second-order valence-electron chi connectivity index (χ2n) is 6.12. The van der Waals surface area contributed by atoms with Gasteiger partial charge in [-0.25, -0.2) is 4.39 Å². The number of ether oxygens (including phenoxy) is 2. The van der Waals surface area contributed by atoms with Gasteiger partial charge in [0.15, 0.2) is 11.6 Å². The molecule has 0 bridgehead atoms. The van der Waals surface area contributed by atoms with E-state index in [1.165, 1.54) is 19.2 Å². The Morgan fingerprint density at radius 2 is 1.97 bits per heavy atom. The molecule has 1 aliphatic rings. The molecule has 1 saturated heterocycles. The molecule has 1 unspecified atom stereocenters. The van der Waals surface area contributed by atoms with Crippen LogP contribution in [0.4, 0.5) is 9.18 Å². The summed E-state index contributed by atoms with van der Waals surface area (Å²) in [5.74, 6) is -1.19. The van der Waals surface area contributed by atoms with E-state index >= 15 is 0 Å². The van der Waals surface area contributed by atoms with E-state index in [4.69, 9.17) is 10.5 Å². The van der Waals surface area contributed by atoms with Crippen LogP contribution in [-0.4, -0.2) is 30.3 Å². The van der Waals surface area contributed by atoms with E-state index in [2.05, 4.69) is 10.1 Å². The highest BCUT2D eigenvalue weighted by molar-refractivity contribution is 8.18. The standard InChI is InChI=1S/C20H17FN2O5S/c1-27-19(25)15(22)9-12-4-7-16(14(21)8-12)28-13-5-2-11(3-6-13)10-17-18(24)23-20(26)29-17/h2-8,10,15H,9,22H2,1H3,(H,23,24,26)/b17-10+. The van der Waals surface area contributed by atoms with Gasteiger partial charge >= 0.3 is 5.97 Å². The average molecular weight is 416 g/mol. The normalized spacial score (nSPS) is 15.9. The number of thioether (sulfide) groups is 1. The molecule has 9 heteroatoms. The summed E-state index contributed by atoms with van der Waals surface area (Å²) in [5, 5.41) is 1.77. The van der Waals surface area contributed by atoms with Gasteiger partial charge < -0.3 is 15.2 Å². The number of nitrogens with one attached hydrogen (secondary N) is 1. The number of carbonyl (C=O) groups is 3. The monoisotopic (exact) mass is 416 g/mol. The van der Waals surface area contributed by atoms with Crippen molar-refractivity contribution in [3.05, 3.63) is 64.3 Å². The number of rotatable bonds is 6. The van der Waals surface area contributed by atoms with Crippen molar-refractivity contribution in [1.29, 1.82) is 0 Å². The summed E-state index contributed by atoms with van der Waals surface area (Å²) in [6.07, 6.45) is 1.72. The molecule has 2 aromatic rings. The van der Waals surface area contributed by atoms with Crippen molar-refractivity contribution in [3.63, 3.8) is 0 Å². The molecule has 29 heavy (non-hydrogen) atoms. The molecule has 3 N–H and O–H groups in total. The number of imide groups is 1. The van der Waals surface area contributed by atoms with Crippen LogP contribution < -0.4 is 15.8 Å². The Morgan fingerprint density at radius 3 is 2.55 bits per heavy atom. The zero-order valence-corrected chi connectivity index (χ0v) is 16.1. The fourth-order valence-electron chi connectivity index (χ4n) is 2.57. The summed E-state index contributed by atoms with van der Waals surface area (Å²) in [6, 6.07) is 10.1. The van der Waals surface area contributed by atoms with Gasteiger partial charge in [-0.3, -0.25) is 19.7 Å². The molecule has 0 saturated carbocycles. The van der Waals surface area contributed by atoms with E-state index in [1.54, 1.807) is 36.4 Å². The third-order valence-electron chi connectivity index (χ3n) is 4.00. The van der Waals surface area contributed by atoms with Crippen LogP contribution in [-0.2, 0) is 20.7 Å². The molecule has 2 aromatic carbocycles. The summed E-state index contributed by atoms with van der Waals surface area (Å²) >= 11 is 0.829. The van der Waals surface area contributed by atoms with Crippen LogP contribution in [0.3, 0.4) is 0 Å². The number of methoxy groups -OCH3 is 1. The molecule has 0 spiro atoms. The molecule has 0 radical (unpaired) electrons. The second-order valence-corrected chi connectivity index (χ2v) is 7.14. The first kappa shape index (κ1) is 20.6. The van der Waals surface area contributed by atoms with Crippen LogP contribution >= 0.6 is 11.8 Å². The Labute approximate surface area is 170 Å². The number of nitrogens with two attached hydrogens (primary N) is 1. The Bertz CT molecular complexity index is 991. The SMILES string of the molecule is COC(=O)C(N)Cc1ccc(Oc2ccc(/C=C3/SC(=O)NC3=O)cc2)c(F)c1. The van der Waals surface area contributed by atoms with Crippen LogP contribution in [0.5, 0.6) is 11.5 Å². The van der Waals surface area contributed by atoms with Crippen LogP contribution in [0.15, 0.2) is 47.4 Å². The first-order chi connectivity index (χ1) is 13.9. The number of amides is 2. The molecule has 1 aliphatic heterocycles. The van der Waals surface area contributed by atoms with E-state index < -0.39 is 29.0 Å². The molecular formula is C20H17FN2O5S. The van der Waals surface area contributed by atoms with Gasteiger partial charge in [-0.2, -0.15) is 0 Å². The van der Waals surface area contributed by atoms with Gasteiger partial charge in [-0.05, 0) is 59.7 Å². The lowest BCUT2D eigenvalue weighted by Gasteiger charge is -2.11. The average Bonchev–Trinajstić information content (AvgIpc) is 3.01. The molecule has 1 atom stereocenters. The number of halogens is 1. The molecule has 150 valence electrons. The zero-order valence-electron chi connectivity index (χ0n) is 15.3. The molecule has 7 nitrogen and oxygen atoms in total. The Morgan fingerprint density at radius 1 is 1.24 bits per heavy atom. The van der Waals surface area contributed by atoms with E-state index in [9.17, 15) is 18.8 Å². The fraction of sp³-hybridized carbons (Fsp3) is 0.150. The van der Waals surface area contributed by atoms with Crippen molar-refractivity contribution < 1.29 is 28.2 Å². The molecule has 1 heterocycles. The zero-order chi connectivity index (χ0) is 21.0. The minimum Gasteiger partial charge on any atom is -0.468 e. The van der Waals surface area contributed by atoms with Gasteiger partial charge in [0.25, 0.3) is 11.1 Å². The quantitative estimate of drug-likeness (QED) is 0.551. The Kier molecular flexibility index (Phi) is 6.30. The summed E-state index contributed by atoms with van der Waals surface area (Å²) in [5.41, 5.74) is 6.91. The Hall–Kier alpha value is -3.17. The van der Waals surface area contributed by atoms with E-state index in [0.29, 0.717) is 21.8 Å². The minimum atomic E-state index is -0.872. The maximum atomic E-state index is 14.3. The smallest absolute Gasteiger partial charge is 0.322 e. The van der Waals surface area contributed by atoms with Crippen LogP contribution in [0.1, 0.15) is 11.1 Å². The Balaban J connectivity index is 1.67. The number of hydrogen-bond donors (Lipinski definition) is 2. The number of carbonyl (C=O) groups excluding carboxylic acids is 3. The van der Waals surface area contributed by atoms with Crippen LogP contribution in [0.2, 0.25) is 0 Å². The topological polar surface area (TPSA) is 108 Å². The van der Waals surface area contributed by atoms with E-state index in [-0.39, 0.29) is 12.2 Å². The largest absolute Gasteiger partial charge is 0.468 e. The van der Waals surface area contributed by atoms with Gasteiger partial charge in [0.2, 0.25) is 0 Å². The van der Waals surface area contributed by atoms with Gasteiger partial charge in [0.05, 0.1) is 12.0 Å². The fourth-order valence-corrected chi connectivity index (χ4v) is 3.26.